The van der Waals surface area contributed by atoms with Gasteiger partial charge in [0, 0.05) is 27.8 Å². The van der Waals surface area contributed by atoms with Gasteiger partial charge in [0.2, 0.25) is 0 Å². The van der Waals surface area contributed by atoms with Gasteiger partial charge in [-0.25, -0.2) is 0 Å². The molecule has 0 fully saturated rings. The third-order valence-corrected chi connectivity index (χ3v) is 4.82. The zero-order chi connectivity index (χ0) is 15.9. The molecule has 1 nitrogen and oxygen atoms in total. The van der Waals surface area contributed by atoms with E-state index in [4.69, 9.17) is 0 Å². The number of hydrogen-bond donors (Lipinski definition) is 0. The molecule has 0 aliphatic heterocycles. The summed E-state index contributed by atoms with van der Waals surface area (Å²) in [6.07, 6.45) is 1.17. The Bertz CT molecular complexity index is 739. The average Bonchev–Trinajstić information content (AvgIpc) is 2.78. The van der Waals surface area contributed by atoms with Gasteiger partial charge in [0.25, 0.3) is 0 Å². The minimum Gasteiger partial charge on any atom is -0.337 e. The fraction of sp³-hybridized carbons (Fsp3) is 0.400. The van der Waals surface area contributed by atoms with Crippen molar-refractivity contribution >= 4 is 31.0 Å². The zero-order valence-electron chi connectivity index (χ0n) is 14.0. The Morgan fingerprint density at radius 3 is 1.77 bits per heavy atom. The summed E-state index contributed by atoms with van der Waals surface area (Å²) in [4.78, 5) is 0. The third kappa shape index (κ3) is 2.79. The van der Waals surface area contributed by atoms with Crippen LogP contribution in [0.15, 0.2) is 48.5 Å². The predicted octanol–water partition coefficient (Wildman–Crippen LogP) is 6.04. The summed E-state index contributed by atoms with van der Waals surface area (Å²) in [6.45, 7) is 9.31. The molecule has 0 aliphatic carbocycles. The quantitative estimate of drug-likeness (QED) is 0.520. The molecule has 3 unspecified atom stereocenters. The highest BCUT2D eigenvalue weighted by Crippen LogP contribution is 2.39. The number of aromatic nitrogens is 1. The van der Waals surface area contributed by atoms with E-state index in [2.05, 4.69) is 90.0 Å². The second kappa shape index (κ2) is 5.70. The van der Waals surface area contributed by atoms with Crippen LogP contribution in [0.5, 0.6) is 0 Å². The first-order chi connectivity index (χ1) is 10.4. The maximum Gasteiger partial charge on any atom is 0.0494 e. The Morgan fingerprint density at radius 2 is 1.36 bits per heavy atom. The molecular weight excluding hydrogens is 285 g/mol. The molecule has 1 aromatic heterocycles. The number of rotatable bonds is 3. The summed E-state index contributed by atoms with van der Waals surface area (Å²) >= 11 is 0. The van der Waals surface area contributed by atoms with Crippen molar-refractivity contribution in [3.63, 3.8) is 0 Å². The monoisotopic (exact) mass is 311 g/mol. The Morgan fingerprint density at radius 1 is 0.909 bits per heavy atom. The third-order valence-electron chi connectivity index (χ3n) is 4.38. The van der Waals surface area contributed by atoms with E-state index in [1.807, 2.05) is 0 Å². The zero-order valence-corrected chi connectivity index (χ0v) is 15.2. The molecule has 3 aromatic rings. The minimum atomic E-state index is 0.308. The lowest BCUT2D eigenvalue weighted by atomic mass is 9.87. The highest BCUT2D eigenvalue weighted by molar-refractivity contribution is 7.17. The second-order valence-electron chi connectivity index (χ2n) is 7.60. The van der Waals surface area contributed by atoms with E-state index in [-0.39, 0.29) is 0 Å². The molecule has 0 saturated heterocycles. The Balaban J connectivity index is 2.30. The van der Waals surface area contributed by atoms with Gasteiger partial charge in [0.15, 0.2) is 0 Å². The molecule has 116 valence electrons. The molecule has 0 saturated carbocycles. The minimum absolute atomic E-state index is 0.308. The van der Waals surface area contributed by atoms with E-state index in [1.165, 1.54) is 28.2 Å². The number of nitrogens with zero attached hydrogens (tertiary/aromatic N) is 1. The molecule has 3 atom stereocenters. The van der Waals surface area contributed by atoms with Crippen LogP contribution in [0.3, 0.4) is 0 Å². The normalized spacial score (nSPS) is 15.3. The van der Waals surface area contributed by atoms with Crippen LogP contribution in [-0.2, 0) is 0 Å². The van der Waals surface area contributed by atoms with E-state index in [9.17, 15) is 0 Å². The van der Waals surface area contributed by atoms with Crippen molar-refractivity contribution in [2.45, 2.75) is 45.8 Å². The van der Waals surface area contributed by atoms with Gasteiger partial charge in [-0.05, 0) is 29.6 Å². The van der Waals surface area contributed by atoms with Crippen LogP contribution in [0.4, 0.5) is 0 Å². The first kappa shape index (κ1) is 15.6. The summed E-state index contributed by atoms with van der Waals surface area (Å²) < 4.78 is 2.56. The predicted molar refractivity (Wildman–Crippen MR) is 102 cm³/mol. The SMILES string of the molecule is CC(P)C(CC(C)(C)C)n1c2ccccc2c2ccccc21. The van der Waals surface area contributed by atoms with Gasteiger partial charge < -0.3 is 4.57 Å². The standard InChI is InChI=1S/C20H26NP/c1-14(22)19(13-20(2,3)4)21-17-11-7-5-9-15(17)16-10-6-8-12-18(16)21/h5-12,14,19H,13,22H2,1-4H3. The van der Waals surface area contributed by atoms with E-state index < -0.39 is 0 Å². The summed E-state index contributed by atoms with van der Waals surface area (Å²) in [7, 11) is 3.02. The van der Waals surface area contributed by atoms with Gasteiger partial charge in [-0.2, -0.15) is 0 Å². The fourth-order valence-electron chi connectivity index (χ4n) is 3.45. The first-order valence-electron chi connectivity index (χ1n) is 8.12. The molecule has 0 amide bonds. The van der Waals surface area contributed by atoms with Crippen molar-refractivity contribution in [3.05, 3.63) is 48.5 Å². The summed E-state index contributed by atoms with van der Waals surface area (Å²) in [5.74, 6) is 0. The van der Waals surface area contributed by atoms with E-state index >= 15 is 0 Å². The molecule has 2 aromatic carbocycles. The molecule has 2 heteroatoms. The molecule has 0 spiro atoms. The number of para-hydroxylation sites is 2. The van der Waals surface area contributed by atoms with Crippen molar-refractivity contribution in [1.29, 1.82) is 0 Å². The number of hydrogen-bond acceptors (Lipinski definition) is 0. The summed E-state index contributed by atoms with van der Waals surface area (Å²) in [6, 6.07) is 18.1. The lowest BCUT2D eigenvalue weighted by Crippen LogP contribution is -2.23. The van der Waals surface area contributed by atoms with Crippen LogP contribution < -0.4 is 0 Å². The van der Waals surface area contributed by atoms with Crippen molar-refractivity contribution in [1.82, 2.24) is 4.57 Å². The van der Waals surface area contributed by atoms with Gasteiger partial charge in [-0.3, -0.25) is 0 Å². The molecule has 0 N–H and O–H groups in total. The van der Waals surface area contributed by atoms with Crippen molar-refractivity contribution in [2.24, 2.45) is 5.41 Å². The molecule has 0 bridgehead atoms. The number of benzene rings is 2. The van der Waals surface area contributed by atoms with Crippen LogP contribution in [-0.4, -0.2) is 10.2 Å². The van der Waals surface area contributed by atoms with E-state index in [0.29, 0.717) is 17.1 Å². The topological polar surface area (TPSA) is 4.93 Å². The molecule has 0 radical (unpaired) electrons. The van der Waals surface area contributed by atoms with E-state index in [0.717, 1.165) is 0 Å². The summed E-state index contributed by atoms with van der Waals surface area (Å²) in [5.41, 5.74) is 3.54. The van der Waals surface area contributed by atoms with Crippen molar-refractivity contribution in [3.8, 4) is 0 Å². The highest BCUT2D eigenvalue weighted by atomic mass is 31.0. The molecule has 22 heavy (non-hydrogen) atoms. The smallest absolute Gasteiger partial charge is 0.0494 e. The van der Waals surface area contributed by atoms with Gasteiger partial charge >= 0.3 is 0 Å². The molecule has 3 rings (SSSR count). The van der Waals surface area contributed by atoms with Crippen molar-refractivity contribution in [2.75, 3.05) is 0 Å². The van der Waals surface area contributed by atoms with Crippen LogP contribution >= 0.6 is 9.24 Å². The average molecular weight is 311 g/mol. The highest BCUT2D eigenvalue weighted by Gasteiger charge is 2.25. The van der Waals surface area contributed by atoms with Crippen LogP contribution in [0.25, 0.3) is 21.8 Å². The van der Waals surface area contributed by atoms with Crippen LogP contribution in [0.2, 0.25) is 0 Å². The molecule has 1 heterocycles. The Labute approximate surface area is 135 Å². The molecule has 0 aliphatic rings. The van der Waals surface area contributed by atoms with Gasteiger partial charge in [0.1, 0.15) is 0 Å². The Hall–Kier alpha value is -1.33. The van der Waals surface area contributed by atoms with Gasteiger partial charge in [-0.15, -0.1) is 9.24 Å². The second-order valence-corrected chi connectivity index (χ2v) is 8.65. The lowest BCUT2D eigenvalue weighted by molar-refractivity contribution is 0.298. The maximum absolute atomic E-state index is 3.02. The Kier molecular flexibility index (Phi) is 4.03. The largest absolute Gasteiger partial charge is 0.337 e. The van der Waals surface area contributed by atoms with Gasteiger partial charge in [-0.1, -0.05) is 64.1 Å². The van der Waals surface area contributed by atoms with Crippen LogP contribution in [0, 0.1) is 5.41 Å². The number of fused-ring (bicyclic) bond motifs is 3. The van der Waals surface area contributed by atoms with Crippen molar-refractivity contribution < 1.29 is 0 Å². The van der Waals surface area contributed by atoms with E-state index in [1.54, 1.807) is 0 Å². The maximum atomic E-state index is 3.02. The summed E-state index contributed by atoms with van der Waals surface area (Å²) in [5, 5.41) is 2.73. The first-order valence-corrected chi connectivity index (χ1v) is 8.78. The fourth-order valence-corrected chi connectivity index (χ4v) is 3.76. The van der Waals surface area contributed by atoms with Crippen LogP contribution in [0.1, 0.15) is 40.2 Å². The molecular formula is C20H26NP. The lowest BCUT2D eigenvalue weighted by Gasteiger charge is -2.31. The van der Waals surface area contributed by atoms with Gasteiger partial charge in [0.05, 0.1) is 0 Å².